The van der Waals surface area contributed by atoms with Gasteiger partial charge in [0.25, 0.3) is 0 Å². The highest BCUT2D eigenvalue weighted by Crippen LogP contribution is 2.10. The highest BCUT2D eigenvalue weighted by Gasteiger charge is 2.22. The first-order valence-corrected chi connectivity index (χ1v) is 6.23. The molecule has 0 amide bonds. The first-order valence-electron chi connectivity index (χ1n) is 6.23. The predicted octanol–water partition coefficient (Wildman–Crippen LogP) is 1.00. The average Bonchev–Trinajstić information content (AvgIpc) is 2.39. The Bertz CT molecular complexity index is 305. The number of hydrogen-bond donors (Lipinski definition) is 2. The third-order valence-corrected chi connectivity index (χ3v) is 3.12. The van der Waals surface area contributed by atoms with Crippen LogP contribution in [0.3, 0.4) is 0 Å². The van der Waals surface area contributed by atoms with E-state index in [-0.39, 0.29) is 18.7 Å². The minimum atomic E-state index is 0.00339. The Morgan fingerprint density at radius 1 is 1.41 bits per heavy atom. The van der Waals surface area contributed by atoms with Crippen LogP contribution in [0, 0.1) is 0 Å². The molecule has 1 rings (SSSR count). The smallest absolute Gasteiger partial charge is 0.0602 e. The molecule has 17 heavy (non-hydrogen) atoms. The summed E-state index contributed by atoms with van der Waals surface area (Å²) in [6, 6.07) is 5.88. The summed E-state index contributed by atoms with van der Waals surface area (Å²) in [5.41, 5.74) is 7.05. The maximum Gasteiger partial charge on any atom is 0.0602 e. The van der Waals surface area contributed by atoms with Crippen molar-refractivity contribution >= 4 is 0 Å². The van der Waals surface area contributed by atoms with Crippen LogP contribution in [0.4, 0.5) is 0 Å². The standard InChI is InChI=1S/C13H23N3O/c1-3-12(14)13(10-17)16(4-2)9-11-7-5-6-8-15-11/h5-8,12-13,17H,3-4,9-10,14H2,1-2H3. The summed E-state index contributed by atoms with van der Waals surface area (Å²) >= 11 is 0. The maximum atomic E-state index is 9.47. The molecule has 0 aliphatic rings. The molecular formula is C13H23N3O. The normalized spacial score (nSPS) is 14.9. The van der Waals surface area contributed by atoms with Crippen molar-refractivity contribution in [2.75, 3.05) is 13.2 Å². The minimum absolute atomic E-state index is 0.00339. The van der Waals surface area contributed by atoms with Crippen LogP contribution in [0.2, 0.25) is 0 Å². The Morgan fingerprint density at radius 3 is 2.65 bits per heavy atom. The third-order valence-electron chi connectivity index (χ3n) is 3.12. The molecule has 0 aliphatic heterocycles. The second kappa shape index (κ2) is 7.37. The second-order valence-electron chi connectivity index (χ2n) is 4.21. The lowest BCUT2D eigenvalue weighted by Crippen LogP contribution is -2.49. The van der Waals surface area contributed by atoms with E-state index in [0.717, 1.165) is 25.2 Å². The lowest BCUT2D eigenvalue weighted by Gasteiger charge is -2.32. The lowest BCUT2D eigenvalue weighted by molar-refractivity contribution is 0.100. The highest BCUT2D eigenvalue weighted by atomic mass is 16.3. The molecule has 2 atom stereocenters. The van der Waals surface area contributed by atoms with Gasteiger partial charge in [0.1, 0.15) is 0 Å². The SMILES string of the molecule is CCC(N)C(CO)N(CC)Cc1ccccn1. The van der Waals surface area contributed by atoms with Gasteiger partial charge in [-0.1, -0.05) is 19.9 Å². The van der Waals surface area contributed by atoms with Gasteiger partial charge in [0.15, 0.2) is 0 Å². The molecule has 0 bridgehead atoms. The van der Waals surface area contributed by atoms with E-state index in [2.05, 4.69) is 16.8 Å². The summed E-state index contributed by atoms with van der Waals surface area (Å²) in [4.78, 5) is 6.48. The fourth-order valence-electron chi connectivity index (χ4n) is 1.96. The highest BCUT2D eigenvalue weighted by molar-refractivity contribution is 5.03. The van der Waals surface area contributed by atoms with Crippen LogP contribution in [0.15, 0.2) is 24.4 Å². The zero-order valence-corrected chi connectivity index (χ0v) is 10.7. The number of aliphatic hydroxyl groups excluding tert-OH is 1. The molecule has 4 nitrogen and oxygen atoms in total. The molecule has 96 valence electrons. The summed E-state index contributed by atoms with van der Waals surface area (Å²) < 4.78 is 0. The number of likely N-dealkylation sites (N-methyl/N-ethyl adjacent to an activating group) is 1. The number of aliphatic hydroxyl groups is 1. The van der Waals surface area contributed by atoms with Gasteiger partial charge in [0, 0.05) is 24.8 Å². The Morgan fingerprint density at radius 2 is 2.18 bits per heavy atom. The van der Waals surface area contributed by atoms with E-state index in [4.69, 9.17) is 5.73 Å². The Balaban J connectivity index is 2.69. The van der Waals surface area contributed by atoms with Crippen molar-refractivity contribution in [2.45, 2.75) is 38.9 Å². The molecule has 0 fully saturated rings. The van der Waals surface area contributed by atoms with Crippen LogP contribution >= 0.6 is 0 Å². The van der Waals surface area contributed by atoms with Gasteiger partial charge in [0.2, 0.25) is 0 Å². The van der Waals surface area contributed by atoms with E-state index in [9.17, 15) is 5.11 Å². The lowest BCUT2D eigenvalue weighted by atomic mass is 10.1. The summed E-state index contributed by atoms with van der Waals surface area (Å²) in [6.07, 6.45) is 2.65. The molecule has 2 unspecified atom stereocenters. The van der Waals surface area contributed by atoms with Crippen LogP contribution in [0.5, 0.6) is 0 Å². The summed E-state index contributed by atoms with van der Waals surface area (Å²) in [7, 11) is 0. The Kier molecular flexibility index (Phi) is 6.11. The van der Waals surface area contributed by atoms with Crippen LogP contribution in [-0.4, -0.2) is 40.2 Å². The first kappa shape index (κ1) is 14.1. The average molecular weight is 237 g/mol. The van der Waals surface area contributed by atoms with Gasteiger partial charge < -0.3 is 10.8 Å². The minimum Gasteiger partial charge on any atom is -0.395 e. The van der Waals surface area contributed by atoms with E-state index in [0.29, 0.717) is 0 Å². The van der Waals surface area contributed by atoms with Crippen LogP contribution in [-0.2, 0) is 6.54 Å². The van der Waals surface area contributed by atoms with E-state index in [1.54, 1.807) is 6.20 Å². The second-order valence-corrected chi connectivity index (χ2v) is 4.21. The molecule has 0 aliphatic carbocycles. The number of nitrogens with zero attached hydrogens (tertiary/aromatic N) is 2. The van der Waals surface area contributed by atoms with Crippen molar-refractivity contribution in [1.82, 2.24) is 9.88 Å². The van der Waals surface area contributed by atoms with E-state index in [1.807, 2.05) is 25.1 Å². The van der Waals surface area contributed by atoms with Crippen molar-refractivity contribution in [1.29, 1.82) is 0 Å². The topological polar surface area (TPSA) is 62.4 Å². The fourth-order valence-corrected chi connectivity index (χ4v) is 1.96. The van der Waals surface area contributed by atoms with Crippen LogP contribution in [0.1, 0.15) is 26.0 Å². The van der Waals surface area contributed by atoms with Crippen molar-refractivity contribution < 1.29 is 5.11 Å². The maximum absolute atomic E-state index is 9.47. The molecular weight excluding hydrogens is 214 g/mol. The van der Waals surface area contributed by atoms with Crippen molar-refractivity contribution in [3.8, 4) is 0 Å². The van der Waals surface area contributed by atoms with Gasteiger partial charge in [0.05, 0.1) is 12.3 Å². The van der Waals surface area contributed by atoms with Gasteiger partial charge in [-0.2, -0.15) is 0 Å². The number of pyridine rings is 1. The molecule has 1 aromatic rings. The first-order chi connectivity index (χ1) is 8.22. The molecule has 4 heteroatoms. The summed E-state index contributed by atoms with van der Waals surface area (Å²) in [5, 5.41) is 9.47. The molecule has 3 N–H and O–H groups in total. The van der Waals surface area contributed by atoms with Crippen molar-refractivity contribution in [3.63, 3.8) is 0 Å². The Labute approximate surface area is 103 Å². The van der Waals surface area contributed by atoms with Crippen molar-refractivity contribution in [2.24, 2.45) is 5.73 Å². The predicted molar refractivity (Wildman–Crippen MR) is 69.5 cm³/mol. The largest absolute Gasteiger partial charge is 0.395 e. The zero-order chi connectivity index (χ0) is 12.7. The van der Waals surface area contributed by atoms with Gasteiger partial charge in [-0.05, 0) is 25.1 Å². The van der Waals surface area contributed by atoms with Crippen molar-refractivity contribution in [3.05, 3.63) is 30.1 Å². The fraction of sp³-hybridized carbons (Fsp3) is 0.615. The molecule has 0 saturated heterocycles. The monoisotopic (exact) mass is 237 g/mol. The number of nitrogens with two attached hydrogens (primary N) is 1. The van der Waals surface area contributed by atoms with Gasteiger partial charge in [-0.15, -0.1) is 0 Å². The molecule has 1 heterocycles. The Hall–Kier alpha value is -0.970. The third kappa shape index (κ3) is 4.07. The van der Waals surface area contributed by atoms with E-state index >= 15 is 0 Å². The van der Waals surface area contributed by atoms with E-state index < -0.39 is 0 Å². The van der Waals surface area contributed by atoms with Crippen LogP contribution < -0.4 is 5.73 Å². The molecule has 0 radical (unpaired) electrons. The van der Waals surface area contributed by atoms with Gasteiger partial charge in [-0.3, -0.25) is 9.88 Å². The zero-order valence-electron chi connectivity index (χ0n) is 10.7. The van der Waals surface area contributed by atoms with E-state index in [1.165, 1.54) is 0 Å². The molecule has 0 aromatic carbocycles. The van der Waals surface area contributed by atoms with Gasteiger partial charge in [-0.25, -0.2) is 0 Å². The molecule has 1 aromatic heterocycles. The molecule has 0 saturated carbocycles. The number of aromatic nitrogens is 1. The summed E-state index contributed by atoms with van der Waals surface area (Å²) in [5.74, 6) is 0. The summed E-state index contributed by atoms with van der Waals surface area (Å²) in [6.45, 7) is 5.80. The number of rotatable bonds is 7. The quantitative estimate of drug-likeness (QED) is 0.742. The van der Waals surface area contributed by atoms with Crippen LogP contribution in [0.25, 0.3) is 0 Å². The molecule has 0 spiro atoms. The number of hydrogen-bond acceptors (Lipinski definition) is 4. The van der Waals surface area contributed by atoms with Gasteiger partial charge >= 0.3 is 0 Å².